The smallest absolute Gasteiger partial charge is 0.251 e. The van der Waals surface area contributed by atoms with Gasteiger partial charge in [0.2, 0.25) is 0 Å². The molecule has 0 aromatic carbocycles. The van der Waals surface area contributed by atoms with Gasteiger partial charge in [-0.25, -0.2) is 18.4 Å². The van der Waals surface area contributed by atoms with Gasteiger partial charge in [-0.15, -0.1) is 0 Å². The Hall–Kier alpha value is -2.51. The first-order valence-electron chi connectivity index (χ1n) is 4.45. The highest BCUT2D eigenvalue weighted by molar-refractivity contribution is 5.92. The van der Waals surface area contributed by atoms with E-state index in [-0.39, 0.29) is 11.4 Å². The molecule has 0 fully saturated rings. The second-order valence-corrected chi connectivity index (χ2v) is 3.20. The molecule has 0 unspecified atom stereocenters. The summed E-state index contributed by atoms with van der Waals surface area (Å²) in [5.41, 5.74) is 10.3. The zero-order chi connectivity index (χ0) is 12.6. The van der Waals surface area contributed by atoms with Crippen molar-refractivity contribution < 1.29 is 13.6 Å². The molecule has 2 rings (SSSR count). The molecule has 17 heavy (non-hydrogen) atoms. The Kier molecular flexibility index (Phi) is 2.47. The van der Waals surface area contributed by atoms with Crippen LogP contribution >= 0.6 is 0 Å². The van der Waals surface area contributed by atoms with Crippen molar-refractivity contribution in [3.05, 3.63) is 35.7 Å². The van der Waals surface area contributed by atoms with Gasteiger partial charge in [-0.05, 0) is 0 Å². The summed E-state index contributed by atoms with van der Waals surface area (Å²) in [4.78, 5) is 14.3. The third-order valence-electron chi connectivity index (χ3n) is 2.02. The summed E-state index contributed by atoms with van der Waals surface area (Å²) in [6, 6.07) is 0.587. The first-order valence-corrected chi connectivity index (χ1v) is 4.45. The summed E-state index contributed by atoms with van der Waals surface area (Å²) in [5.74, 6) is -3.40. The number of nitrogen functional groups attached to an aromatic ring is 1. The number of primary amides is 1. The lowest BCUT2D eigenvalue weighted by Crippen LogP contribution is -2.10. The summed E-state index contributed by atoms with van der Waals surface area (Å²) in [6.07, 6.45) is 2.31. The average Bonchev–Trinajstić information content (AvgIpc) is 2.72. The first kappa shape index (κ1) is 11.0. The van der Waals surface area contributed by atoms with E-state index in [1.165, 1.54) is 6.20 Å². The highest BCUT2D eigenvalue weighted by Gasteiger charge is 2.13. The van der Waals surface area contributed by atoms with Crippen LogP contribution in [-0.2, 0) is 0 Å². The van der Waals surface area contributed by atoms with Crippen molar-refractivity contribution in [1.82, 2.24) is 14.8 Å². The van der Waals surface area contributed by atoms with Crippen molar-refractivity contribution in [2.45, 2.75) is 0 Å². The number of hydrogen-bond donors (Lipinski definition) is 2. The van der Waals surface area contributed by atoms with Gasteiger partial charge in [0.15, 0.2) is 23.3 Å². The van der Waals surface area contributed by atoms with Crippen molar-refractivity contribution in [3.8, 4) is 5.82 Å². The van der Waals surface area contributed by atoms with E-state index in [2.05, 4.69) is 10.1 Å². The number of carbonyl (C=O) groups excluding carboxylic acids is 1. The minimum absolute atomic E-state index is 0.0779. The van der Waals surface area contributed by atoms with Gasteiger partial charge in [0.1, 0.15) is 0 Å². The fraction of sp³-hybridized carbons (Fsp3) is 0. The Morgan fingerprint density at radius 2 is 2.06 bits per heavy atom. The number of nitrogens with zero attached hydrogens (tertiary/aromatic N) is 3. The maximum absolute atomic E-state index is 13.4. The number of hydrogen-bond acceptors (Lipinski definition) is 4. The van der Waals surface area contributed by atoms with E-state index in [1.807, 2.05) is 0 Å². The van der Waals surface area contributed by atoms with E-state index >= 15 is 0 Å². The Labute approximate surface area is 93.9 Å². The highest BCUT2D eigenvalue weighted by atomic mass is 19.1. The zero-order valence-corrected chi connectivity index (χ0v) is 8.39. The minimum Gasteiger partial charge on any atom is -0.381 e. The van der Waals surface area contributed by atoms with E-state index in [1.54, 1.807) is 0 Å². The predicted octanol–water partition coefficient (Wildman–Crippen LogP) is 0.227. The van der Waals surface area contributed by atoms with Gasteiger partial charge < -0.3 is 11.5 Å². The van der Waals surface area contributed by atoms with Crippen LogP contribution in [0.1, 0.15) is 10.4 Å². The van der Waals surface area contributed by atoms with Crippen LogP contribution in [0, 0.1) is 11.6 Å². The molecule has 2 heterocycles. The molecule has 88 valence electrons. The van der Waals surface area contributed by atoms with Crippen LogP contribution in [0.4, 0.5) is 14.6 Å². The SMILES string of the molecule is NC(=O)c1cnn(-c2nc(N)c(F)cc2F)c1. The maximum atomic E-state index is 13.4. The molecular weight excluding hydrogens is 232 g/mol. The molecule has 0 spiro atoms. The fourth-order valence-electron chi connectivity index (χ4n) is 1.20. The van der Waals surface area contributed by atoms with Crippen molar-refractivity contribution in [2.75, 3.05) is 5.73 Å². The number of amides is 1. The van der Waals surface area contributed by atoms with Crippen LogP contribution in [0.15, 0.2) is 18.5 Å². The molecule has 0 radical (unpaired) electrons. The van der Waals surface area contributed by atoms with Gasteiger partial charge in [-0.3, -0.25) is 4.79 Å². The molecule has 2 aromatic heterocycles. The van der Waals surface area contributed by atoms with Crippen molar-refractivity contribution >= 4 is 11.7 Å². The number of anilines is 1. The van der Waals surface area contributed by atoms with Crippen LogP contribution in [-0.4, -0.2) is 20.7 Å². The zero-order valence-electron chi connectivity index (χ0n) is 8.39. The molecule has 0 bridgehead atoms. The number of nitrogens with two attached hydrogens (primary N) is 2. The predicted molar refractivity (Wildman–Crippen MR) is 54.2 cm³/mol. The summed E-state index contributed by atoms with van der Waals surface area (Å²) >= 11 is 0. The molecule has 0 aliphatic carbocycles. The molecule has 0 aliphatic heterocycles. The number of carbonyl (C=O) groups is 1. The van der Waals surface area contributed by atoms with E-state index in [4.69, 9.17) is 11.5 Å². The summed E-state index contributed by atoms with van der Waals surface area (Å²) in [7, 11) is 0. The normalized spacial score (nSPS) is 10.5. The molecule has 0 saturated carbocycles. The Balaban J connectivity index is 2.52. The fourth-order valence-corrected chi connectivity index (χ4v) is 1.20. The molecule has 6 nitrogen and oxygen atoms in total. The molecular formula is C9H7F2N5O. The Morgan fingerprint density at radius 1 is 1.35 bits per heavy atom. The maximum Gasteiger partial charge on any atom is 0.251 e. The molecule has 0 aliphatic rings. The van der Waals surface area contributed by atoms with E-state index in [0.717, 1.165) is 10.9 Å². The van der Waals surface area contributed by atoms with E-state index in [0.29, 0.717) is 6.07 Å². The molecule has 8 heteroatoms. The molecule has 0 atom stereocenters. The lowest BCUT2D eigenvalue weighted by molar-refractivity contribution is 0.100. The van der Waals surface area contributed by atoms with Crippen LogP contribution in [0.3, 0.4) is 0 Å². The van der Waals surface area contributed by atoms with Crippen LogP contribution in [0.2, 0.25) is 0 Å². The highest BCUT2D eigenvalue weighted by Crippen LogP contribution is 2.15. The van der Waals surface area contributed by atoms with Crippen LogP contribution in [0.25, 0.3) is 5.82 Å². The number of aromatic nitrogens is 3. The van der Waals surface area contributed by atoms with Gasteiger partial charge in [-0.1, -0.05) is 0 Å². The number of rotatable bonds is 2. The first-order chi connectivity index (χ1) is 7.99. The van der Waals surface area contributed by atoms with Gasteiger partial charge in [0.25, 0.3) is 5.91 Å². The van der Waals surface area contributed by atoms with Gasteiger partial charge >= 0.3 is 0 Å². The van der Waals surface area contributed by atoms with Crippen LogP contribution < -0.4 is 11.5 Å². The second-order valence-electron chi connectivity index (χ2n) is 3.20. The molecule has 4 N–H and O–H groups in total. The average molecular weight is 239 g/mol. The lowest BCUT2D eigenvalue weighted by atomic mass is 10.3. The van der Waals surface area contributed by atoms with Crippen molar-refractivity contribution in [2.24, 2.45) is 5.73 Å². The Bertz CT molecular complexity index is 595. The largest absolute Gasteiger partial charge is 0.381 e. The quantitative estimate of drug-likeness (QED) is 0.783. The second kappa shape index (κ2) is 3.81. The topological polar surface area (TPSA) is 99.8 Å². The summed E-state index contributed by atoms with van der Waals surface area (Å²) < 4.78 is 27.2. The standard InChI is InChI=1S/C9H7F2N5O/c10-5-1-6(11)9(15-7(5)12)16-3-4(2-14-16)8(13)17/h1-3H,(H2,12,15)(H2,13,17). The van der Waals surface area contributed by atoms with Crippen molar-refractivity contribution in [1.29, 1.82) is 0 Å². The number of halogens is 2. The summed E-state index contributed by atoms with van der Waals surface area (Å²) in [5, 5.41) is 3.67. The third kappa shape index (κ3) is 1.92. The third-order valence-corrected chi connectivity index (χ3v) is 2.02. The van der Waals surface area contributed by atoms with Crippen LogP contribution in [0.5, 0.6) is 0 Å². The Morgan fingerprint density at radius 3 is 2.65 bits per heavy atom. The number of pyridine rings is 1. The molecule has 1 amide bonds. The van der Waals surface area contributed by atoms with Gasteiger partial charge in [0.05, 0.1) is 11.8 Å². The monoisotopic (exact) mass is 239 g/mol. The van der Waals surface area contributed by atoms with Gasteiger partial charge in [0, 0.05) is 12.3 Å². The van der Waals surface area contributed by atoms with E-state index in [9.17, 15) is 13.6 Å². The molecule has 2 aromatic rings. The van der Waals surface area contributed by atoms with E-state index < -0.39 is 23.4 Å². The lowest BCUT2D eigenvalue weighted by Gasteiger charge is -2.03. The summed E-state index contributed by atoms with van der Waals surface area (Å²) in [6.45, 7) is 0. The minimum atomic E-state index is -0.964. The molecule has 0 saturated heterocycles. The van der Waals surface area contributed by atoms with Crippen molar-refractivity contribution in [3.63, 3.8) is 0 Å². The van der Waals surface area contributed by atoms with Gasteiger partial charge in [-0.2, -0.15) is 5.10 Å².